The van der Waals surface area contributed by atoms with Crippen molar-refractivity contribution in [2.75, 3.05) is 32.0 Å². The number of piperidine rings is 1. The quantitative estimate of drug-likeness (QED) is 0.665. The number of para-hydroxylation sites is 1. The maximum atomic E-state index is 11.1. The van der Waals surface area contributed by atoms with Gasteiger partial charge in [0.15, 0.2) is 0 Å². The van der Waals surface area contributed by atoms with Crippen LogP contribution in [0.25, 0.3) is 0 Å². The molecule has 1 aliphatic rings. The molecule has 112 valence electrons. The van der Waals surface area contributed by atoms with Crippen molar-refractivity contribution in [1.29, 1.82) is 5.26 Å². The molecule has 1 saturated heterocycles. The standard InChI is InChI=1S/C15H20N4O2/c1-18-9-6-12(7-10-18)5-8-17-14-4-2-3-13(11-16)15(14)19(20)21/h2-4,12,17H,5-10H2,1H3. The van der Waals surface area contributed by atoms with Crippen molar-refractivity contribution in [3.63, 3.8) is 0 Å². The molecule has 6 nitrogen and oxygen atoms in total. The predicted octanol–water partition coefficient (Wildman–Crippen LogP) is 2.61. The van der Waals surface area contributed by atoms with Gasteiger partial charge >= 0.3 is 5.69 Å². The third-order valence-corrected chi connectivity index (χ3v) is 4.05. The molecule has 0 bridgehead atoms. The van der Waals surface area contributed by atoms with Gasteiger partial charge < -0.3 is 10.2 Å². The Labute approximate surface area is 124 Å². The van der Waals surface area contributed by atoms with Crippen molar-refractivity contribution in [2.45, 2.75) is 19.3 Å². The molecule has 1 aromatic rings. The van der Waals surface area contributed by atoms with Gasteiger partial charge in [0.05, 0.1) is 4.92 Å². The Balaban J connectivity index is 1.94. The van der Waals surface area contributed by atoms with Gasteiger partial charge in [-0.05, 0) is 57.5 Å². The molecular formula is C15H20N4O2. The zero-order valence-electron chi connectivity index (χ0n) is 12.2. The van der Waals surface area contributed by atoms with Crippen molar-refractivity contribution in [3.8, 4) is 6.07 Å². The van der Waals surface area contributed by atoms with Gasteiger partial charge in [-0.1, -0.05) is 6.07 Å². The molecule has 1 N–H and O–H groups in total. The summed E-state index contributed by atoms with van der Waals surface area (Å²) in [5, 5.41) is 23.2. The van der Waals surface area contributed by atoms with Crippen LogP contribution in [0.4, 0.5) is 11.4 Å². The maximum absolute atomic E-state index is 11.1. The van der Waals surface area contributed by atoms with Crippen LogP contribution in [0.1, 0.15) is 24.8 Å². The highest BCUT2D eigenvalue weighted by molar-refractivity contribution is 5.68. The van der Waals surface area contributed by atoms with E-state index in [-0.39, 0.29) is 11.3 Å². The van der Waals surface area contributed by atoms with Gasteiger partial charge in [0.2, 0.25) is 0 Å². The second kappa shape index (κ2) is 7.04. The van der Waals surface area contributed by atoms with Crippen LogP contribution < -0.4 is 5.32 Å². The second-order valence-corrected chi connectivity index (χ2v) is 5.53. The Kier molecular flexibility index (Phi) is 5.12. The number of hydrogen-bond acceptors (Lipinski definition) is 5. The molecule has 6 heteroatoms. The third kappa shape index (κ3) is 3.92. The lowest BCUT2D eigenvalue weighted by Gasteiger charge is -2.28. The smallest absolute Gasteiger partial charge is 0.309 e. The van der Waals surface area contributed by atoms with E-state index < -0.39 is 4.92 Å². The van der Waals surface area contributed by atoms with Crippen LogP contribution in [-0.4, -0.2) is 36.5 Å². The van der Waals surface area contributed by atoms with Crippen molar-refractivity contribution < 1.29 is 4.92 Å². The Bertz CT molecular complexity index is 545. The number of nitrogens with zero attached hydrogens (tertiary/aromatic N) is 3. The molecule has 0 spiro atoms. The van der Waals surface area contributed by atoms with E-state index in [1.165, 1.54) is 18.9 Å². The highest BCUT2D eigenvalue weighted by atomic mass is 16.6. The normalized spacial score (nSPS) is 16.4. The summed E-state index contributed by atoms with van der Waals surface area (Å²) in [6.45, 7) is 2.94. The maximum Gasteiger partial charge on any atom is 0.309 e. The first-order chi connectivity index (χ1) is 10.1. The van der Waals surface area contributed by atoms with Crippen molar-refractivity contribution in [2.24, 2.45) is 5.92 Å². The zero-order chi connectivity index (χ0) is 15.2. The molecule has 1 aliphatic heterocycles. The average Bonchev–Trinajstić information content (AvgIpc) is 2.48. The summed E-state index contributed by atoms with van der Waals surface area (Å²) in [6, 6.07) is 6.68. The summed E-state index contributed by atoms with van der Waals surface area (Å²) < 4.78 is 0. The van der Waals surface area contributed by atoms with E-state index >= 15 is 0 Å². The van der Waals surface area contributed by atoms with E-state index in [1.54, 1.807) is 12.1 Å². The second-order valence-electron chi connectivity index (χ2n) is 5.53. The van der Waals surface area contributed by atoms with Crippen molar-refractivity contribution in [3.05, 3.63) is 33.9 Å². The first-order valence-corrected chi connectivity index (χ1v) is 7.21. The van der Waals surface area contributed by atoms with Crippen LogP contribution in [0.3, 0.4) is 0 Å². The van der Waals surface area contributed by atoms with E-state index in [0.29, 0.717) is 18.2 Å². The fourth-order valence-electron chi connectivity index (χ4n) is 2.73. The highest BCUT2D eigenvalue weighted by Crippen LogP contribution is 2.28. The van der Waals surface area contributed by atoms with E-state index in [1.807, 2.05) is 6.07 Å². The van der Waals surface area contributed by atoms with Gasteiger partial charge in [-0.3, -0.25) is 10.1 Å². The fourth-order valence-corrected chi connectivity index (χ4v) is 2.73. The minimum absolute atomic E-state index is 0.101. The third-order valence-electron chi connectivity index (χ3n) is 4.05. The monoisotopic (exact) mass is 288 g/mol. The molecule has 1 fully saturated rings. The summed E-state index contributed by atoms with van der Waals surface area (Å²) >= 11 is 0. The molecule has 0 unspecified atom stereocenters. The molecule has 21 heavy (non-hydrogen) atoms. The fraction of sp³-hybridized carbons (Fsp3) is 0.533. The summed E-state index contributed by atoms with van der Waals surface area (Å²) in [4.78, 5) is 12.9. The molecular weight excluding hydrogens is 268 g/mol. The number of likely N-dealkylation sites (tertiary alicyclic amines) is 1. The molecule has 0 aromatic heterocycles. The minimum Gasteiger partial charge on any atom is -0.379 e. The van der Waals surface area contributed by atoms with Crippen LogP contribution in [0.15, 0.2) is 18.2 Å². The molecule has 0 aliphatic carbocycles. The number of benzene rings is 1. The Morgan fingerprint density at radius 2 is 2.19 bits per heavy atom. The van der Waals surface area contributed by atoms with Crippen LogP contribution in [0.2, 0.25) is 0 Å². The Hall–Kier alpha value is -2.13. The number of nitriles is 1. The lowest BCUT2D eigenvalue weighted by atomic mass is 9.94. The molecule has 1 aromatic carbocycles. The SMILES string of the molecule is CN1CCC(CCNc2cccc(C#N)c2[N+](=O)[O-])CC1. The number of hydrogen-bond donors (Lipinski definition) is 1. The van der Waals surface area contributed by atoms with E-state index in [9.17, 15) is 10.1 Å². The summed E-state index contributed by atoms with van der Waals surface area (Å²) in [5.41, 5.74) is 0.416. The van der Waals surface area contributed by atoms with Crippen LogP contribution in [0.5, 0.6) is 0 Å². The lowest BCUT2D eigenvalue weighted by molar-refractivity contribution is -0.384. The highest BCUT2D eigenvalue weighted by Gasteiger charge is 2.20. The summed E-state index contributed by atoms with van der Waals surface area (Å²) in [5.74, 6) is 0.673. The molecule has 0 amide bonds. The predicted molar refractivity (Wildman–Crippen MR) is 81.1 cm³/mol. The number of nitrogens with one attached hydrogen (secondary N) is 1. The van der Waals surface area contributed by atoms with Crippen molar-refractivity contribution >= 4 is 11.4 Å². The van der Waals surface area contributed by atoms with Crippen LogP contribution >= 0.6 is 0 Å². The topological polar surface area (TPSA) is 82.2 Å². The van der Waals surface area contributed by atoms with E-state index in [0.717, 1.165) is 19.5 Å². The Morgan fingerprint density at radius 3 is 2.81 bits per heavy atom. The number of nitro benzene ring substituents is 1. The van der Waals surface area contributed by atoms with Gasteiger partial charge in [0.1, 0.15) is 17.3 Å². The van der Waals surface area contributed by atoms with E-state index in [4.69, 9.17) is 5.26 Å². The van der Waals surface area contributed by atoms with Crippen LogP contribution in [0, 0.1) is 27.4 Å². The zero-order valence-corrected chi connectivity index (χ0v) is 12.2. The van der Waals surface area contributed by atoms with Crippen molar-refractivity contribution in [1.82, 2.24) is 4.90 Å². The number of anilines is 1. The van der Waals surface area contributed by atoms with Gasteiger partial charge in [-0.25, -0.2) is 0 Å². The van der Waals surface area contributed by atoms with Crippen LogP contribution in [-0.2, 0) is 0 Å². The number of nitro groups is 1. The summed E-state index contributed by atoms with van der Waals surface area (Å²) in [7, 11) is 2.13. The van der Waals surface area contributed by atoms with Gasteiger partial charge in [-0.2, -0.15) is 5.26 Å². The number of rotatable bonds is 5. The molecule has 0 radical (unpaired) electrons. The lowest BCUT2D eigenvalue weighted by Crippen LogP contribution is -2.30. The molecule has 0 atom stereocenters. The average molecular weight is 288 g/mol. The van der Waals surface area contributed by atoms with Gasteiger partial charge in [-0.15, -0.1) is 0 Å². The first-order valence-electron chi connectivity index (χ1n) is 7.21. The molecule has 0 saturated carbocycles. The minimum atomic E-state index is -0.490. The first kappa shape index (κ1) is 15.3. The Morgan fingerprint density at radius 1 is 1.48 bits per heavy atom. The molecule has 2 rings (SSSR count). The van der Waals surface area contributed by atoms with Gasteiger partial charge in [0, 0.05) is 6.54 Å². The molecule has 1 heterocycles. The summed E-state index contributed by atoms with van der Waals surface area (Å²) in [6.07, 6.45) is 3.36. The van der Waals surface area contributed by atoms with E-state index in [2.05, 4.69) is 17.3 Å². The van der Waals surface area contributed by atoms with Gasteiger partial charge in [0.25, 0.3) is 0 Å². The largest absolute Gasteiger partial charge is 0.379 e.